The van der Waals surface area contributed by atoms with E-state index in [1.807, 2.05) is 0 Å². The van der Waals surface area contributed by atoms with Gasteiger partial charge < -0.3 is 10.1 Å². The zero-order valence-corrected chi connectivity index (χ0v) is 10.6. The molecule has 0 spiro atoms. The van der Waals surface area contributed by atoms with Gasteiger partial charge in [0.1, 0.15) is 0 Å². The number of rotatable bonds is 3. The van der Waals surface area contributed by atoms with Crippen LogP contribution in [0.25, 0.3) is 0 Å². The number of carbonyl (C=O) groups is 1. The minimum absolute atomic E-state index is 0.152. The number of amidine groups is 1. The lowest BCUT2D eigenvalue weighted by atomic mass is 10.2. The Hall–Kier alpha value is -1.96. The molecule has 0 aliphatic carbocycles. The summed E-state index contributed by atoms with van der Waals surface area (Å²) in [4.78, 5) is 10.9. The van der Waals surface area contributed by atoms with Crippen LogP contribution in [-0.2, 0) is 4.79 Å². The standard InChI is InChI=1S/C11H9F2N3O2S/c1-18-10-7(12)2-6(3-8(10)13)4-14-16-11-15-9(17)5-19-11/h2-4H,5H2,1H3,(H,15,16,17). The maximum Gasteiger partial charge on any atom is 0.236 e. The molecule has 19 heavy (non-hydrogen) atoms. The van der Waals surface area contributed by atoms with E-state index in [0.717, 1.165) is 12.1 Å². The summed E-state index contributed by atoms with van der Waals surface area (Å²) in [5.74, 6) is -1.94. The second kappa shape index (κ2) is 5.79. The summed E-state index contributed by atoms with van der Waals surface area (Å²) < 4.78 is 31.3. The zero-order chi connectivity index (χ0) is 13.8. The van der Waals surface area contributed by atoms with Crippen molar-refractivity contribution in [3.8, 4) is 5.75 Å². The SMILES string of the molecule is COc1c(F)cc(C=NN=C2NC(=O)CS2)cc1F. The molecule has 0 saturated carbocycles. The van der Waals surface area contributed by atoms with Crippen LogP contribution < -0.4 is 10.1 Å². The molecule has 1 aliphatic heterocycles. The highest BCUT2D eigenvalue weighted by Crippen LogP contribution is 2.22. The van der Waals surface area contributed by atoms with E-state index in [2.05, 4.69) is 20.3 Å². The molecule has 0 bridgehead atoms. The summed E-state index contributed by atoms with van der Waals surface area (Å²) in [6.45, 7) is 0. The van der Waals surface area contributed by atoms with Crippen LogP contribution in [0, 0.1) is 11.6 Å². The molecular formula is C11H9F2N3O2S. The van der Waals surface area contributed by atoms with Crippen molar-refractivity contribution in [3.63, 3.8) is 0 Å². The Morgan fingerprint density at radius 3 is 2.63 bits per heavy atom. The number of ether oxygens (including phenoxy) is 1. The molecule has 0 unspecified atom stereocenters. The third-order valence-corrected chi connectivity index (χ3v) is 3.03. The molecule has 0 aromatic heterocycles. The third kappa shape index (κ3) is 3.28. The van der Waals surface area contributed by atoms with Gasteiger partial charge in [0.25, 0.3) is 0 Å². The van der Waals surface area contributed by atoms with Crippen LogP contribution in [0.2, 0.25) is 0 Å². The number of carbonyl (C=O) groups excluding carboxylic acids is 1. The first-order valence-corrected chi connectivity index (χ1v) is 6.15. The molecule has 5 nitrogen and oxygen atoms in total. The van der Waals surface area contributed by atoms with Gasteiger partial charge in [-0.15, -0.1) is 5.10 Å². The Labute approximate surface area is 111 Å². The molecule has 2 rings (SSSR count). The van der Waals surface area contributed by atoms with Gasteiger partial charge in [-0.2, -0.15) is 5.10 Å². The van der Waals surface area contributed by atoms with Crippen LogP contribution in [0.5, 0.6) is 5.75 Å². The predicted octanol–water partition coefficient (Wildman–Crippen LogP) is 1.53. The molecule has 1 aromatic carbocycles. The van der Waals surface area contributed by atoms with Gasteiger partial charge in [0.15, 0.2) is 22.6 Å². The van der Waals surface area contributed by atoms with Gasteiger partial charge in [-0.3, -0.25) is 4.79 Å². The number of hydrogen-bond acceptors (Lipinski definition) is 5. The smallest absolute Gasteiger partial charge is 0.236 e. The van der Waals surface area contributed by atoms with Crippen molar-refractivity contribution in [1.29, 1.82) is 0 Å². The Bertz CT molecular complexity index is 552. The van der Waals surface area contributed by atoms with E-state index < -0.39 is 17.4 Å². The fourth-order valence-corrected chi connectivity index (χ4v) is 2.01. The van der Waals surface area contributed by atoms with Crippen molar-refractivity contribution in [2.24, 2.45) is 10.2 Å². The number of hydrogen-bond donors (Lipinski definition) is 1. The van der Waals surface area contributed by atoms with Crippen LogP contribution in [0.1, 0.15) is 5.56 Å². The van der Waals surface area contributed by atoms with E-state index in [1.165, 1.54) is 25.1 Å². The van der Waals surface area contributed by atoms with Crippen molar-refractivity contribution >= 4 is 29.1 Å². The first-order chi connectivity index (χ1) is 9.10. The number of thioether (sulfide) groups is 1. The van der Waals surface area contributed by atoms with Gasteiger partial charge in [-0.05, 0) is 12.1 Å². The maximum absolute atomic E-state index is 13.4. The minimum Gasteiger partial charge on any atom is -0.491 e. The van der Waals surface area contributed by atoms with Crippen LogP contribution in [0.15, 0.2) is 22.3 Å². The summed E-state index contributed by atoms with van der Waals surface area (Å²) in [5.41, 5.74) is 0.203. The highest BCUT2D eigenvalue weighted by atomic mass is 32.2. The normalized spacial score (nSPS) is 17.2. The van der Waals surface area contributed by atoms with Gasteiger partial charge in [-0.1, -0.05) is 11.8 Å². The minimum atomic E-state index is -0.819. The first kappa shape index (κ1) is 13.5. The lowest BCUT2D eigenvalue weighted by Gasteiger charge is -2.03. The Morgan fingerprint density at radius 1 is 1.42 bits per heavy atom. The number of methoxy groups -OCH3 is 1. The molecule has 0 radical (unpaired) electrons. The summed E-state index contributed by atoms with van der Waals surface area (Å²) in [5, 5.41) is 10.2. The van der Waals surface area contributed by atoms with Crippen molar-refractivity contribution < 1.29 is 18.3 Å². The van der Waals surface area contributed by atoms with Crippen LogP contribution in [0.4, 0.5) is 8.78 Å². The second-order valence-corrected chi connectivity index (χ2v) is 4.47. The number of amides is 1. The van der Waals surface area contributed by atoms with E-state index in [0.29, 0.717) is 10.9 Å². The predicted molar refractivity (Wildman–Crippen MR) is 68.5 cm³/mol. The van der Waals surface area contributed by atoms with Crippen molar-refractivity contribution in [3.05, 3.63) is 29.3 Å². The Kier molecular flexibility index (Phi) is 4.10. The third-order valence-electron chi connectivity index (χ3n) is 2.17. The van der Waals surface area contributed by atoms with E-state index in [4.69, 9.17) is 0 Å². The Balaban J connectivity index is 2.13. The van der Waals surface area contributed by atoms with Crippen molar-refractivity contribution in [2.45, 2.75) is 0 Å². The Morgan fingerprint density at radius 2 is 2.11 bits per heavy atom. The molecule has 1 saturated heterocycles. The monoisotopic (exact) mass is 285 g/mol. The first-order valence-electron chi connectivity index (χ1n) is 5.17. The molecule has 1 N–H and O–H groups in total. The van der Waals surface area contributed by atoms with Crippen LogP contribution in [-0.4, -0.2) is 30.2 Å². The van der Waals surface area contributed by atoms with Gasteiger partial charge in [0.05, 0.1) is 19.1 Å². The molecular weight excluding hydrogens is 276 g/mol. The average Bonchev–Trinajstić information content (AvgIpc) is 2.75. The molecule has 1 amide bonds. The van der Waals surface area contributed by atoms with E-state index in [-0.39, 0.29) is 11.5 Å². The summed E-state index contributed by atoms with van der Waals surface area (Å²) in [6, 6.07) is 2.15. The molecule has 1 aromatic rings. The van der Waals surface area contributed by atoms with Gasteiger partial charge in [-0.25, -0.2) is 8.78 Å². The molecule has 1 heterocycles. The molecule has 8 heteroatoms. The maximum atomic E-state index is 13.4. The summed E-state index contributed by atoms with van der Waals surface area (Å²) in [7, 11) is 1.18. The lowest BCUT2D eigenvalue weighted by molar-refractivity contribution is -0.116. The van der Waals surface area contributed by atoms with Gasteiger partial charge >= 0.3 is 0 Å². The van der Waals surface area contributed by atoms with E-state index in [1.54, 1.807) is 0 Å². The molecule has 100 valence electrons. The van der Waals surface area contributed by atoms with Crippen molar-refractivity contribution in [1.82, 2.24) is 5.32 Å². The van der Waals surface area contributed by atoms with Crippen LogP contribution >= 0.6 is 11.8 Å². The quantitative estimate of drug-likeness (QED) is 0.676. The van der Waals surface area contributed by atoms with E-state index in [9.17, 15) is 13.6 Å². The van der Waals surface area contributed by atoms with Crippen LogP contribution in [0.3, 0.4) is 0 Å². The number of halogens is 2. The molecule has 1 fully saturated rings. The average molecular weight is 285 g/mol. The van der Waals surface area contributed by atoms with Gasteiger partial charge in [0.2, 0.25) is 5.91 Å². The molecule has 0 atom stereocenters. The zero-order valence-electron chi connectivity index (χ0n) is 9.81. The number of benzene rings is 1. The highest BCUT2D eigenvalue weighted by molar-refractivity contribution is 8.15. The summed E-state index contributed by atoms with van der Waals surface area (Å²) in [6.07, 6.45) is 1.18. The van der Waals surface area contributed by atoms with Gasteiger partial charge in [0, 0.05) is 5.56 Å². The number of nitrogens with zero attached hydrogens (tertiary/aromatic N) is 2. The number of nitrogens with one attached hydrogen (secondary N) is 1. The highest BCUT2D eigenvalue weighted by Gasteiger charge is 2.16. The second-order valence-electron chi connectivity index (χ2n) is 3.50. The van der Waals surface area contributed by atoms with Crippen molar-refractivity contribution in [2.75, 3.05) is 12.9 Å². The molecule has 1 aliphatic rings. The fraction of sp³-hybridized carbons (Fsp3) is 0.182. The van der Waals surface area contributed by atoms with E-state index >= 15 is 0 Å². The largest absolute Gasteiger partial charge is 0.491 e. The summed E-state index contributed by atoms with van der Waals surface area (Å²) >= 11 is 1.21. The lowest BCUT2D eigenvalue weighted by Crippen LogP contribution is -2.19. The fourth-order valence-electron chi connectivity index (χ4n) is 1.38. The topological polar surface area (TPSA) is 63.1 Å².